The molecule has 2 aromatic carbocycles. The van der Waals surface area contributed by atoms with Crippen LogP contribution >= 0.6 is 11.6 Å². The Bertz CT molecular complexity index is 726. The van der Waals surface area contributed by atoms with Crippen LogP contribution < -0.4 is 5.32 Å². The van der Waals surface area contributed by atoms with Crippen LogP contribution in [0.3, 0.4) is 0 Å². The number of aryl methyl sites for hydroxylation is 2. The van der Waals surface area contributed by atoms with Crippen molar-refractivity contribution in [3.05, 3.63) is 64.2 Å². The third kappa shape index (κ3) is 4.57. The second-order valence-corrected chi connectivity index (χ2v) is 5.77. The molecular weight excluding hydrogens is 314 g/mol. The number of nitrogens with one attached hydrogen (secondary N) is 1. The number of anilines is 1. The Hall–Kier alpha value is -2.33. The first-order chi connectivity index (χ1) is 10.9. The molecule has 1 atom stereocenters. The van der Waals surface area contributed by atoms with Gasteiger partial charge in [0.05, 0.1) is 5.56 Å². The molecule has 0 aliphatic carbocycles. The minimum atomic E-state index is -0.913. The summed E-state index contributed by atoms with van der Waals surface area (Å²) in [4.78, 5) is 24.1. The fourth-order valence-electron chi connectivity index (χ4n) is 1.89. The SMILES string of the molecule is Cc1ccc(C(=O)OC(C)C(=O)Nc2ccc(C)c(Cl)c2)cc1. The highest BCUT2D eigenvalue weighted by Gasteiger charge is 2.19. The highest BCUT2D eigenvalue weighted by Crippen LogP contribution is 2.20. The smallest absolute Gasteiger partial charge is 0.338 e. The quantitative estimate of drug-likeness (QED) is 0.857. The van der Waals surface area contributed by atoms with Gasteiger partial charge in [-0.25, -0.2) is 4.79 Å². The number of amides is 1. The Balaban J connectivity index is 1.97. The van der Waals surface area contributed by atoms with Gasteiger partial charge in [0.1, 0.15) is 0 Å². The van der Waals surface area contributed by atoms with Crippen molar-refractivity contribution >= 4 is 29.2 Å². The van der Waals surface area contributed by atoms with Crippen molar-refractivity contribution in [2.24, 2.45) is 0 Å². The maximum absolute atomic E-state index is 12.1. The van der Waals surface area contributed by atoms with Gasteiger partial charge in [-0.2, -0.15) is 0 Å². The summed E-state index contributed by atoms with van der Waals surface area (Å²) < 4.78 is 5.18. The molecule has 0 bridgehead atoms. The van der Waals surface area contributed by atoms with Crippen LogP contribution in [0.2, 0.25) is 5.02 Å². The van der Waals surface area contributed by atoms with E-state index >= 15 is 0 Å². The van der Waals surface area contributed by atoms with Crippen molar-refractivity contribution in [2.45, 2.75) is 26.9 Å². The van der Waals surface area contributed by atoms with Crippen molar-refractivity contribution in [3.8, 4) is 0 Å². The zero-order chi connectivity index (χ0) is 17.0. The van der Waals surface area contributed by atoms with E-state index in [4.69, 9.17) is 16.3 Å². The number of rotatable bonds is 4. The van der Waals surface area contributed by atoms with Crippen molar-refractivity contribution in [3.63, 3.8) is 0 Å². The molecule has 0 aliphatic heterocycles. The Morgan fingerprint density at radius 3 is 2.35 bits per heavy atom. The van der Waals surface area contributed by atoms with Gasteiger partial charge in [-0.3, -0.25) is 4.79 Å². The number of carbonyl (C=O) groups is 2. The highest BCUT2D eigenvalue weighted by atomic mass is 35.5. The highest BCUT2D eigenvalue weighted by molar-refractivity contribution is 6.31. The van der Waals surface area contributed by atoms with Gasteiger partial charge in [0.25, 0.3) is 5.91 Å². The van der Waals surface area contributed by atoms with Crippen LogP contribution in [-0.2, 0) is 9.53 Å². The van der Waals surface area contributed by atoms with Gasteiger partial charge in [0.2, 0.25) is 0 Å². The molecule has 0 aliphatic rings. The van der Waals surface area contributed by atoms with Crippen LogP contribution in [0.1, 0.15) is 28.4 Å². The lowest BCUT2D eigenvalue weighted by Gasteiger charge is -2.14. The summed E-state index contributed by atoms with van der Waals surface area (Å²) in [6.45, 7) is 5.33. The molecule has 5 heteroatoms. The summed E-state index contributed by atoms with van der Waals surface area (Å²) in [6, 6.07) is 12.2. The molecule has 2 aromatic rings. The average Bonchev–Trinajstić information content (AvgIpc) is 2.51. The van der Waals surface area contributed by atoms with Crippen LogP contribution in [0, 0.1) is 13.8 Å². The zero-order valence-electron chi connectivity index (χ0n) is 13.2. The van der Waals surface area contributed by atoms with Crippen LogP contribution in [0.25, 0.3) is 0 Å². The number of ether oxygens (including phenoxy) is 1. The molecule has 120 valence electrons. The first-order valence-corrected chi connectivity index (χ1v) is 7.59. The molecule has 0 saturated carbocycles. The fraction of sp³-hybridized carbons (Fsp3) is 0.222. The number of hydrogen-bond acceptors (Lipinski definition) is 3. The molecule has 4 nitrogen and oxygen atoms in total. The predicted octanol–water partition coefficient (Wildman–Crippen LogP) is 4.14. The summed E-state index contributed by atoms with van der Waals surface area (Å²) in [5, 5.41) is 3.24. The lowest BCUT2D eigenvalue weighted by Crippen LogP contribution is -2.30. The second kappa shape index (κ2) is 7.29. The first-order valence-electron chi connectivity index (χ1n) is 7.21. The van der Waals surface area contributed by atoms with E-state index < -0.39 is 18.0 Å². The van der Waals surface area contributed by atoms with Crippen molar-refractivity contribution in [1.29, 1.82) is 0 Å². The zero-order valence-corrected chi connectivity index (χ0v) is 14.0. The Labute approximate surface area is 140 Å². The average molecular weight is 332 g/mol. The van der Waals surface area contributed by atoms with Gasteiger partial charge in [-0.15, -0.1) is 0 Å². The minimum absolute atomic E-state index is 0.411. The maximum atomic E-state index is 12.1. The van der Waals surface area contributed by atoms with E-state index in [-0.39, 0.29) is 0 Å². The van der Waals surface area contributed by atoms with Gasteiger partial charge >= 0.3 is 5.97 Å². The molecule has 0 aromatic heterocycles. The van der Waals surface area contributed by atoms with Crippen molar-refractivity contribution in [2.75, 3.05) is 5.32 Å². The molecule has 0 spiro atoms. The molecule has 23 heavy (non-hydrogen) atoms. The number of benzene rings is 2. The fourth-order valence-corrected chi connectivity index (χ4v) is 2.07. The second-order valence-electron chi connectivity index (χ2n) is 5.37. The number of halogens is 1. The molecule has 2 rings (SSSR count). The van der Waals surface area contributed by atoms with Gasteiger partial charge in [0.15, 0.2) is 6.10 Å². The Morgan fingerprint density at radius 2 is 1.74 bits per heavy atom. The van der Waals surface area contributed by atoms with E-state index in [2.05, 4.69) is 5.32 Å². The lowest BCUT2D eigenvalue weighted by molar-refractivity contribution is -0.123. The van der Waals surface area contributed by atoms with Crippen LogP contribution in [-0.4, -0.2) is 18.0 Å². The van der Waals surface area contributed by atoms with Gasteiger partial charge in [-0.1, -0.05) is 35.4 Å². The summed E-state index contributed by atoms with van der Waals surface area (Å²) in [7, 11) is 0. The van der Waals surface area contributed by atoms with E-state index in [1.807, 2.05) is 26.0 Å². The molecule has 0 saturated heterocycles. The minimum Gasteiger partial charge on any atom is -0.449 e. The number of hydrogen-bond donors (Lipinski definition) is 1. The molecule has 1 unspecified atom stereocenters. The van der Waals surface area contributed by atoms with E-state index in [9.17, 15) is 9.59 Å². The third-order valence-corrected chi connectivity index (χ3v) is 3.79. The molecule has 1 N–H and O–H groups in total. The van der Waals surface area contributed by atoms with Gasteiger partial charge in [0, 0.05) is 10.7 Å². The first kappa shape index (κ1) is 17.0. The van der Waals surface area contributed by atoms with Gasteiger partial charge < -0.3 is 10.1 Å². The topological polar surface area (TPSA) is 55.4 Å². The predicted molar refractivity (Wildman–Crippen MR) is 90.9 cm³/mol. The lowest BCUT2D eigenvalue weighted by atomic mass is 10.1. The van der Waals surface area contributed by atoms with Crippen LogP contribution in [0.4, 0.5) is 5.69 Å². The van der Waals surface area contributed by atoms with Crippen LogP contribution in [0.5, 0.6) is 0 Å². The van der Waals surface area contributed by atoms with E-state index in [1.165, 1.54) is 6.92 Å². The normalized spacial score (nSPS) is 11.7. The third-order valence-electron chi connectivity index (χ3n) is 3.38. The van der Waals surface area contributed by atoms with Crippen LogP contribution in [0.15, 0.2) is 42.5 Å². The Morgan fingerprint density at radius 1 is 1.09 bits per heavy atom. The molecular formula is C18H18ClNO3. The van der Waals surface area contributed by atoms with Crippen molar-refractivity contribution < 1.29 is 14.3 Å². The molecule has 0 heterocycles. The molecule has 0 radical (unpaired) electrons. The summed E-state index contributed by atoms with van der Waals surface area (Å²) >= 11 is 6.02. The largest absolute Gasteiger partial charge is 0.449 e. The van der Waals surface area contributed by atoms with E-state index in [0.717, 1.165) is 11.1 Å². The van der Waals surface area contributed by atoms with Gasteiger partial charge in [-0.05, 0) is 50.6 Å². The molecule has 1 amide bonds. The summed E-state index contributed by atoms with van der Waals surface area (Å²) in [5.74, 6) is -0.944. The van der Waals surface area contributed by atoms with Crippen molar-refractivity contribution in [1.82, 2.24) is 0 Å². The monoisotopic (exact) mass is 331 g/mol. The molecule has 0 fully saturated rings. The van der Waals surface area contributed by atoms with E-state index in [1.54, 1.807) is 30.3 Å². The maximum Gasteiger partial charge on any atom is 0.338 e. The standard InChI is InChI=1S/C18H18ClNO3/c1-11-4-7-14(8-5-11)18(22)23-13(3)17(21)20-15-9-6-12(2)16(19)10-15/h4-10,13H,1-3H3,(H,20,21). The Kier molecular flexibility index (Phi) is 5.40. The number of carbonyl (C=O) groups excluding carboxylic acids is 2. The number of esters is 1. The summed E-state index contributed by atoms with van der Waals surface area (Å²) in [5.41, 5.74) is 2.93. The van der Waals surface area contributed by atoms with E-state index in [0.29, 0.717) is 16.3 Å². The summed E-state index contributed by atoms with van der Waals surface area (Å²) in [6.07, 6.45) is -0.913.